The van der Waals surface area contributed by atoms with Crippen molar-refractivity contribution >= 4 is 17.5 Å². The van der Waals surface area contributed by atoms with Crippen LogP contribution in [0.1, 0.15) is 6.92 Å². The zero-order valence-electron chi connectivity index (χ0n) is 14.5. The number of aliphatic hydroxyl groups is 1. The molecule has 9 heteroatoms. The fourth-order valence-electron chi connectivity index (χ4n) is 2.52. The van der Waals surface area contributed by atoms with Crippen LogP contribution in [-0.2, 0) is 6.54 Å². The number of hydrogen-bond donors (Lipinski definition) is 3. The molecule has 27 heavy (non-hydrogen) atoms. The largest absolute Gasteiger partial charge is 0.508 e. The minimum absolute atomic E-state index is 0.0141. The molecular weight excluding hydrogens is 368 g/mol. The average molecular weight is 385 g/mol. The average Bonchev–Trinajstić information content (AvgIpc) is 3.04. The molecule has 8 nitrogen and oxygen atoms in total. The minimum Gasteiger partial charge on any atom is -0.508 e. The smallest absolute Gasteiger partial charge is 0.223 e. The van der Waals surface area contributed by atoms with E-state index in [4.69, 9.17) is 16.9 Å². The number of phenolic OH excluding ortho intramolecular Hbond substituents is 1. The summed E-state index contributed by atoms with van der Waals surface area (Å²) in [6.07, 6.45) is 2.76. The molecule has 0 aliphatic carbocycles. The summed E-state index contributed by atoms with van der Waals surface area (Å²) in [5.74, 6) is 0.376. The van der Waals surface area contributed by atoms with Crippen LogP contribution in [0.2, 0.25) is 5.02 Å². The van der Waals surface area contributed by atoms with Gasteiger partial charge < -0.3 is 15.5 Å². The number of nitriles is 1. The Hall–Kier alpha value is -3.15. The van der Waals surface area contributed by atoms with Crippen LogP contribution in [0.3, 0.4) is 0 Å². The van der Waals surface area contributed by atoms with Gasteiger partial charge in [0.05, 0.1) is 17.9 Å². The van der Waals surface area contributed by atoms with E-state index in [0.29, 0.717) is 40.0 Å². The molecule has 3 N–H and O–H groups in total. The first-order chi connectivity index (χ1) is 13.0. The number of aromatic hydroxyl groups is 1. The van der Waals surface area contributed by atoms with Gasteiger partial charge in [0.1, 0.15) is 18.0 Å². The molecule has 138 valence electrons. The fourth-order valence-corrected chi connectivity index (χ4v) is 2.75. The van der Waals surface area contributed by atoms with Crippen LogP contribution in [0.25, 0.3) is 22.5 Å². The summed E-state index contributed by atoms with van der Waals surface area (Å²) < 4.78 is 1.49. The molecular formula is C18H17ClN6O2. The summed E-state index contributed by atoms with van der Waals surface area (Å²) in [7, 11) is 0. The third kappa shape index (κ3) is 4.53. The maximum absolute atomic E-state index is 9.86. The topological polar surface area (TPSA) is 120 Å². The van der Waals surface area contributed by atoms with Crippen molar-refractivity contribution in [3.05, 3.63) is 41.7 Å². The number of nitrogens with one attached hydrogen (secondary N) is 1. The number of nitrogens with zero attached hydrogens (tertiary/aromatic N) is 5. The molecule has 0 amide bonds. The standard InChI is InChI=1S/C18H17ClN6O2/c1-11(26)9-22-18-21-4-2-16(23-18)15-10-25(5-3-20)24-17(15)12-6-13(19)8-14(27)7-12/h2,4,6-8,10-11,26-27H,5,9H2,1H3,(H,21,22,23)/t11-/m1/s1. The van der Waals surface area contributed by atoms with Crippen molar-refractivity contribution in [3.63, 3.8) is 0 Å². The van der Waals surface area contributed by atoms with E-state index in [9.17, 15) is 10.2 Å². The first-order valence-corrected chi connectivity index (χ1v) is 8.53. The molecule has 0 saturated carbocycles. The highest BCUT2D eigenvalue weighted by Gasteiger charge is 2.16. The molecule has 1 aromatic carbocycles. The summed E-state index contributed by atoms with van der Waals surface area (Å²) in [4.78, 5) is 8.59. The van der Waals surface area contributed by atoms with Gasteiger partial charge >= 0.3 is 0 Å². The molecule has 0 aliphatic rings. The number of phenols is 1. The van der Waals surface area contributed by atoms with E-state index >= 15 is 0 Å². The molecule has 0 spiro atoms. The summed E-state index contributed by atoms with van der Waals surface area (Å²) >= 11 is 6.06. The van der Waals surface area contributed by atoms with E-state index in [1.165, 1.54) is 10.7 Å². The highest BCUT2D eigenvalue weighted by molar-refractivity contribution is 6.31. The Morgan fingerprint density at radius 1 is 1.37 bits per heavy atom. The Morgan fingerprint density at radius 2 is 2.19 bits per heavy atom. The van der Waals surface area contributed by atoms with Crippen molar-refractivity contribution < 1.29 is 10.2 Å². The van der Waals surface area contributed by atoms with Gasteiger partial charge in [-0.2, -0.15) is 10.4 Å². The van der Waals surface area contributed by atoms with E-state index in [0.717, 1.165) is 0 Å². The third-order valence-electron chi connectivity index (χ3n) is 3.64. The highest BCUT2D eigenvalue weighted by Crippen LogP contribution is 2.33. The number of rotatable bonds is 6. The van der Waals surface area contributed by atoms with Gasteiger partial charge in [-0.3, -0.25) is 4.68 Å². The van der Waals surface area contributed by atoms with Crippen molar-refractivity contribution in [2.75, 3.05) is 11.9 Å². The van der Waals surface area contributed by atoms with E-state index in [1.54, 1.807) is 37.5 Å². The van der Waals surface area contributed by atoms with Crippen LogP contribution in [0.5, 0.6) is 5.75 Å². The van der Waals surface area contributed by atoms with E-state index in [1.807, 2.05) is 6.07 Å². The molecule has 0 bridgehead atoms. The number of hydrogen-bond acceptors (Lipinski definition) is 7. The molecule has 1 atom stereocenters. The third-order valence-corrected chi connectivity index (χ3v) is 3.86. The van der Waals surface area contributed by atoms with Crippen molar-refractivity contribution in [1.82, 2.24) is 19.7 Å². The fraction of sp³-hybridized carbons (Fsp3) is 0.222. The summed E-state index contributed by atoms with van der Waals surface area (Å²) in [5.41, 5.74) is 2.37. The van der Waals surface area contributed by atoms with Gasteiger partial charge in [0.25, 0.3) is 0 Å². The second kappa shape index (κ2) is 8.03. The van der Waals surface area contributed by atoms with Crippen LogP contribution >= 0.6 is 11.6 Å². The van der Waals surface area contributed by atoms with Gasteiger partial charge in [0.15, 0.2) is 0 Å². The molecule has 2 heterocycles. The summed E-state index contributed by atoms with van der Waals surface area (Å²) in [6, 6.07) is 8.42. The Morgan fingerprint density at radius 3 is 2.89 bits per heavy atom. The molecule has 0 saturated heterocycles. The van der Waals surface area contributed by atoms with Gasteiger partial charge in [0, 0.05) is 35.1 Å². The Bertz CT molecular complexity index is 976. The summed E-state index contributed by atoms with van der Waals surface area (Å²) in [6.45, 7) is 2.04. The van der Waals surface area contributed by atoms with Crippen molar-refractivity contribution in [1.29, 1.82) is 5.26 Å². The quantitative estimate of drug-likeness (QED) is 0.597. The zero-order valence-corrected chi connectivity index (χ0v) is 15.2. The predicted octanol–water partition coefficient (Wildman–Crippen LogP) is 2.68. The van der Waals surface area contributed by atoms with Crippen LogP contribution < -0.4 is 5.32 Å². The number of halogens is 1. The van der Waals surface area contributed by atoms with Gasteiger partial charge in [-0.05, 0) is 31.2 Å². The minimum atomic E-state index is -0.541. The monoisotopic (exact) mass is 384 g/mol. The van der Waals surface area contributed by atoms with E-state index in [2.05, 4.69) is 20.4 Å². The maximum atomic E-state index is 9.86. The van der Waals surface area contributed by atoms with Crippen LogP contribution in [0.15, 0.2) is 36.7 Å². The Kier molecular flexibility index (Phi) is 5.54. The van der Waals surface area contributed by atoms with Gasteiger partial charge in [-0.1, -0.05) is 11.6 Å². The molecule has 0 radical (unpaired) electrons. The van der Waals surface area contributed by atoms with Crippen LogP contribution in [-0.4, -0.2) is 42.6 Å². The number of anilines is 1. The number of benzene rings is 1. The van der Waals surface area contributed by atoms with Crippen molar-refractivity contribution in [3.8, 4) is 34.3 Å². The first-order valence-electron chi connectivity index (χ1n) is 8.16. The highest BCUT2D eigenvalue weighted by atomic mass is 35.5. The van der Waals surface area contributed by atoms with Crippen molar-refractivity contribution in [2.24, 2.45) is 0 Å². The SMILES string of the molecule is C[C@@H](O)CNc1nccc(-c2cn(CC#N)nc2-c2cc(O)cc(Cl)c2)n1. The lowest BCUT2D eigenvalue weighted by molar-refractivity contribution is 0.208. The van der Waals surface area contributed by atoms with Gasteiger partial charge in [-0.25, -0.2) is 9.97 Å². The predicted molar refractivity (Wildman–Crippen MR) is 101 cm³/mol. The second-order valence-corrected chi connectivity index (χ2v) is 6.38. The Balaban J connectivity index is 2.07. The normalized spacial score (nSPS) is 11.8. The molecule has 2 aromatic heterocycles. The lowest BCUT2D eigenvalue weighted by atomic mass is 10.1. The molecule has 3 rings (SSSR count). The van der Waals surface area contributed by atoms with E-state index in [-0.39, 0.29) is 12.3 Å². The van der Waals surface area contributed by atoms with Gasteiger partial charge in [-0.15, -0.1) is 0 Å². The second-order valence-electron chi connectivity index (χ2n) is 5.94. The summed E-state index contributed by atoms with van der Waals surface area (Å²) in [5, 5.41) is 36.0. The lowest BCUT2D eigenvalue weighted by Crippen LogP contribution is -2.16. The number of aliphatic hydroxyl groups excluding tert-OH is 1. The number of aromatic nitrogens is 4. The molecule has 0 fully saturated rings. The lowest BCUT2D eigenvalue weighted by Gasteiger charge is -2.08. The van der Waals surface area contributed by atoms with Crippen molar-refractivity contribution in [2.45, 2.75) is 19.6 Å². The molecule has 0 unspecified atom stereocenters. The van der Waals surface area contributed by atoms with Gasteiger partial charge in [0.2, 0.25) is 5.95 Å². The zero-order chi connectivity index (χ0) is 19.4. The molecule has 0 aliphatic heterocycles. The van der Waals surface area contributed by atoms with Crippen LogP contribution in [0.4, 0.5) is 5.95 Å². The van der Waals surface area contributed by atoms with E-state index < -0.39 is 6.10 Å². The Labute approximate surface area is 160 Å². The first kappa shape index (κ1) is 18.6. The molecule has 3 aromatic rings. The van der Waals surface area contributed by atoms with Crippen LogP contribution in [0, 0.1) is 11.3 Å². The maximum Gasteiger partial charge on any atom is 0.223 e.